The average molecular weight is 709 g/mol. The van der Waals surface area contributed by atoms with Gasteiger partial charge in [0.2, 0.25) is 0 Å². The molecule has 0 aliphatic heterocycles. The van der Waals surface area contributed by atoms with Crippen LogP contribution < -0.4 is 0 Å². The molecule has 1 aromatic carbocycles. The number of hydrogen-bond donors (Lipinski definition) is 2. The first-order valence-corrected chi connectivity index (χ1v) is 19.2. The van der Waals surface area contributed by atoms with Crippen molar-refractivity contribution < 1.29 is 42.4 Å². The molecule has 0 amide bonds. The summed E-state index contributed by atoms with van der Waals surface area (Å²) in [5, 5.41) is 19.6. The normalized spacial score (nSPS) is 28.4. The second-order valence-corrected chi connectivity index (χ2v) is 17.8. The van der Waals surface area contributed by atoms with Crippen molar-refractivity contribution in [2.75, 3.05) is 6.61 Å². The zero-order valence-corrected chi connectivity index (χ0v) is 31.4. The van der Waals surface area contributed by atoms with Crippen LogP contribution in [0.3, 0.4) is 0 Å². The van der Waals surface area contributed by atoms with E-state index in [1.54, 1.807) is 0 Å². The predicted molar refractivity (Wildman–Crippen MR) is 188 cm³/mol. The Labute approximate surface area is 298 Å². The van der Waals surface area contributed by atoms with E-state index in [1.165, 1.54) is 18.9 Å². The Bertz CT molecular complexity index is 1260. The molecule has 1 aromatic rings. The number of esters is 2. The summed E-state index contributed by atoms with van der Waals surface area (Å²) >= 11 is 0. The Morgan fingerprint density at radius 3 is 2.12 bits per heavy atom. The SMILES string of the molecule is CCC(CCCC(C)(CCCC(C)(C)C(=O)OC12CC3CC(CC(CCCO)(C3)C1)C2)C(=O)OC(C)CC(C)(O)C(F)(F)F)c1ccccc1. The monoisotopic (exact) mass is 708 g/mol. The van der Waals surface area contributed by atoms with E-state index in [9.17, 15) is 33.0 Å². The maximum Gasteiger partial charge on any atom is 0.417 e. The molecule has 4 saturated carbocycles. The van der Waals surface area contributed by atoms with Gasteiger partial charge in [-0.2, -0.15) is 13.2 Å². The summed E-state index contributed by atoms with van der Waals surface area (Å²) in [5.74, 6) is 0.664. The third-order valence-electron chi connectivity index (χ3n) is 12.5. The summed E-state index contributed by atoms with van der Waals surface area (Å²) in [4.78, 5) is 27.6. The molecule has 6 atom stereocenters. The number of benzene rings is 1. The van der Waals surface area contributed by atoms with Crippen LogP contribution >= 0.6 is 0 Å². The molecule has 50 heavy (non-hydrogen) atoms. The van der Waals surface area contributed by atoms with Crippen molar-refractivity contribution >= 4 is 11.9 Å². The fraction of sp³-hybridized carbons (Fsp3) is 0.805. The highest BCUT2D eigenvalue weighted by molar-refractivity contribution is 5.77. The van der Waals surface area contributed by atoms with Crippen molar-refractivity contribution in [1.82, 2.24) is 0 Å². The van der Waals surface area contributed by atoms with Gasteiger partial charge in [0, 0.05) is 13.0 Å². The highest BCUT2D eigenvalue weighted by Gasteiger charge is 2.59. The summed E-state index contributed by atoms with van der Waals surface area (Å²) in [6.45, 7) is 10.0. The maximum absolute atomic E-state index is 13.9. The molecule has 4 aliphatic carbocycles. The Morgan fingerprint density at radius 1 is 0.920 bits per heavy atom. The largest absolute Gasteiger partial charge is 0.462 e. The number of aliphatic hydroxyl groups is 2. The van der Waals surface area contributed by atoms with Gasteiger partial charge in [-0.3, -0.25) is 9.59 Å². The zero-order valence-electron chi connectivity index (χ0n) is 31.4. The second-order valence-electron chi connectivity index (χ2n) is 17.8. The number of carbonyl (C=O) groups is 2. The lowest BCUT2D eigenvalue weighted by Gasteiger charge is -2.61. The summed E-state index contributed by atoms with van der Waals surface area (Å²) in [6.07, 6.45) is 5.69. The lowest BCUT2D eigenvalue weighted by atomic mass is 9.47. The van der Waals surface area contributed by atoms with Crippen LogP contribution in [0.5, 0.6) is 0 Å². The van der Waals surface area contributed by atoms with Gasteiger partial charge in [-0.1, -0.05) is 50.1 Å². The summed E-state index contributed by atoms with van der Waals surface area (Å²) in [5.41, 5.74) is -3.79. The number of halogens is 3. The number of hydrogen-bond acceptors (Lipinski definition) is 6. The summed E-state index contributed by atoms with van der Waals surface area (Å²) in [6, 6.07) is 10.2. The van der Waals surface area contributed by atoms with Gasteiger partial charge in [0.05, 0.1) is 10.8 Å². The van der Waals surface area contributed by atoms with Crippen LogP contribution in [0.1, 0.15) is 156 Å². The van der Waals surface area contributed by atoms with Crippen LogP contribution in [0.25, 0.3) is 0 Å². The number of alkyl halides is 3. The maximum atomic E-state index is 13.9. The van der Waals surface area contributed by atoms with Crippen molar-refractivity contribution in [3.05, 3.63) is 35.9 Å². The molecule has 4 aliphatic rings. The van der Waals surface area contributed by atoms with E-state index < -0.39 is 46.7 Å². The number of ether oxygens (including phenoxy) is 2. The first-order chi connectivity index (χ1) is 23.3. The van der Waals surface area contributed by atoms with Gasteiger partial charge >= 0.3 is 18.1 Å². The molecule has 284 valence electrons. The third kappa shape index (κ3) is 9.84. The van der Waals surface area contributed by atoms with Gasteiger partial charge in [-0.05, 0) is 147 Å². The lowest BCUT2D eigenvalue weighted by molar-refractivity contribution is -0.261. The molecule has 0 aromatic heterocycles. The Morgan fingerprint density at radius 2 is 1.54 bits per heavy atom. The quantitative estimate of drug-likeness (QED) is 0.139. The molecule has 5 rings (SSSR count). The minimum Gasteiger partial charge on any atom is -0.462 e. The molecular weight excluding hydrogens is 645 g/mol. The fourth-order valence-corrected chi connectivity index (χ4v) is 10.0. The fourth-order valence-electron chi connectivity index (χ4n) is 10.0. The van der Waals surface area contributed by atoms with Crippen LogP contribution in [0.2, 0.25) is 0 Å². The number of aliphatic hydroxyl groups excluding tert-OH is 1. The van der Waals surface area contributed by atoms with Gasteiger partial charge in [-0.15, -0.1) is 0 Å². The van der Waals surface area contributed by atoms with E-state index in [1.807, 2.05) is 39.0 Å². The Kier molecular flexibility index (Phi) is 12.9. The molecule has 0 heterocycles. The summed E-state index contributed by atoms with van der Waals surface area (Å²) < 4.78 is 52.3. The van der Waals surface area contributed by atoms with E-state index in [2.05, 4.69) is 19.1 Å². The highest BCUT2D eigenvalue weighted by atomic mass is 19.4. The van der Waals surface area contributed by atoms with Crippen molar-refractivity contribution in [1.29, 1.82) is 0 Å². The van der Waals surface area contributed by atoms with Crippen molar-refractivity contribution in [2.45, 2.75) is 174 Å². The predicted octanol–water partition coefficient (Wildman–Crippen LogP) is 9.84. The van der Waals surface area contributed by atoms with Gasteiger partial charge in [0.15, 0.2) is 5.60 Å². The van der Waals surface area contributed by atoms with Gasteiger partial charge in [0.1, 0.15) is 11.7 Å². The summed E-state index contributed by atoms with van der Waals surface area (Å²) in [7, 11) is 0. The van der Waals surface area contributed by atoms with Gasteiger partial charge < -0.3 is 19.7 Å². The Balaban J connectivity index is 1.41. The van der Waals surface area contributed by atoms with Crippen molar-refractivity contribution in [3.63, 3.8) is 0 Å². The first kappa shape index (κ1) is 40.6. The third-order valence-corrected chi connectivity index (χ3v) is 12.5. The van der Waals surface area contributed by atoms with E-state index >= 15 is 0 Å². The van der Waals surface area contributed by atoms with Crippen LogP contribution in [0.15, 0.2) is 30.3 Å². The smallest absolute Gasteiger partial charge is 0.417 e. The molecule has 4 fully saturated rings. The zero-order chi connectivity index (χ0) is 37.0. The molecule has 6 nitrogen and oxygen atoms in total. The lowest BCUT2D eigenvalue weighted by Crippen LogP contribution is -2.58. The molecule has 0 spiro atoms. The molecule has 2 N–H and O–H groups in total. The molecule has 0 radical (unpaired) electrons. The molecule has 4 bridgehead atoms. The van der Waals surface area contributed by atoms with Crippen LogP contribution in [-0.4, -0.2) is 52.2 Å². The minimum absolute atomic E-state index is 0.154. The van der Waals surface area contributed by atoms with E-state index in [-0.39, 0.29) is 18.0 Å². The topological polar surface area (TPSA) is 93.1 Å². The first-order valence-electron chi connectivity index (χ1n) is 19.2. The molecular formula is C41H63F3O6. The van der Waals surface area contributed by atoms with Crippen LogP contribution in [0, 0.1) is 28.1 Å². The Hall–Kier alpha value is -2.13. The standard InChI is InChI=1S/C41H63F3O6/c1-7-32(33-14-9-8-10-15-33)16-11-18-37(5,35(47)49-29(2)23-38(6,48)41(42,43)44)19-12-17-36(3,4)34(46)50-40-26-30-22-31(27-40)25-39(24-30,28-40)20-13-21-45/h8-10,14-15,29-32,45,48H,7,11-13,16-28H2,1-6H3. The van der Waals surface area contributed by atoms with Crippen LogP contribution in [-0.2, 0) is 19.1 Å². The second kappa shape index (κ2) is 15.9. The van der Waals surface area contributed by atoms with Crippen molar-refractivity contribution in [3.8, 4) is 0 Å². The van der Waals surface area contributed by atoms with E-state index in [0.29, 0.717) is 50.4 Å². The number of carbonyl (C=O) groups excluding carboxylic acids is 2. The average Bonchev–Trinajstić information content (AvgIpc) is 3.00. The van der Waals surface area contributed by atoms with E-state index in [0.717, 1.165) is 64.2 Å². The highest BCUT2D eigenvalue weighted by Crippen LogP contribution is 2.64. The van der Waals surface area contributed by atoms with Crippen molar-refractivity contribution in [2.24, 2.45) is 28.1 Å². The molecule has 6 unspecified atom stereocenters. The van der Waals surface area contributed by atoms with Gasteiger partial charge in [0.25, 0.3) is 0 Å². The van der Waals surface area contributed by atoms with Crippen LogP contribution in [0.4, 0.5) is 13.2 Å². The number of rotatable bonds is 19. The molecule has 0 saturated heterocycles. The minimum atomic E-state index is -4.85. The van der Waals surface area contributed by atoms with Gasteiger partial charge in [-0.25, -0.2) is 0 Å². The molecule has 9 heteroatoms. The van der Waals surface area contributed by atoms with E-state index in [4.69, 9.17) is 9.47 Å².